The summed E-state index contributed by atoms with van der Waals surface area (Å²) in [4.78, 5) is 12.9. The average Bonchev–Trinajstić information content (AvgIpc) is 2.42. The van der Waals surface area contributed by atoms with Crippen molar-refractivity contribution < 1.29 is 23.1 Å². The molecule has 2 rings (SSSR count). The molecule has 1 aliphatic rings. The fourth-order valence-corrected chi connectivity index (χ4v) is 1.99. The highest BCUT2D eigenvalue weighted by Crippen LogP contribution is 2.31. The molecule has 0 spiro atoms. The van der Waals surface area contributed by atoms with Crippen molar-refractivity contribution in [3.8, 4) is 0 Å². The molecule has 1 aromatic rings. The van der Waals surface area contributed by atoms with Crippen LogP contribution in [0.3, 0.4) is 0 Å². The van der Waals surface area contributed by atoms with Gasteiger partial charge in [0.1, 0.15) is 5.82 Å². The second kappa shape index (κ2) is 7.11. The van der Waals surface area contributed by atoms with Crippen LogP contribution in [-0.4, -0.2) is 35.3 Å². The molecule has 0 aliphatic carbocycles. The first-order valence-corrected chi connectivity index (χ1v) is 6.24. The van der Waals surface area contributed by atoms with E-state index in [-0.39, 0.29) is 0 Å². The molecule has 2 heterocycles. The van der Waals surface area contributed by atoms with Crippen molar-refractivity contribution in [1.82, 2.24) is 10.3 Å². The molecule has 0 atom stereocenters. The third kappa shape index (κ3) is 5.10. The van der Waals surface area contributed by atoms with E-state index in [1.807, 2.05) is 6.07 Å². The molecule has 1 saturated heterocycles. The summed E-state index contributed by atoms with van der Waals surface area (Å²) in [6, 6.07) is 1.99. The monoisotopic (exact) mass is 306 g/mol. The number of carbonyl (C=O) groups is 1. The van der Waals surface area contributed by atoms with Crippen LogP contribution in [0.2, 0.25) is 0 Å². The van der Waals surface area contributed by atoms with Crippen molar-refractivity contribution in [2.45, 2.75) is 24.9 Å². The highest BCUT2D eigenvalue weighted by atomic mass is 19.4. The van der Waals surface area contributed by atoms with Crippen LogP contribution in [0.4, 0.5) is 24.7 Å². The van der Waals surface area contributed by atoms with Crippen LogP contribution in [0.15, 0.2) is 12.3 Å². The summed E-state index contributed by atoms with van der Waals surface area (Å²) >= 11 is 0. The van der Waals surface area contributed by atoms with Crippen molar-refractivity contribution >= 4 is 17.5 Å². The number of halogens is 3. The molecule has 1 aromatic heterocycles. The normalized spacial score (nSPS) is 16.0. The van der Waals surface area contributed by atoms with Gasteiger partial charge in [0.05, 0.1) is 5.69 Å². The van der Waals surface area contributed by atoms with E-state index in [0.29, 0.717) is 17.4 Å². The van der Waals surface area contributed by atoms with E-state index >= 15 is 0 Å². The van der Waals surface area contributed by atoms with Gasteiger partial charge in [0.2, 0.25) is 0 Å². The Balaban J connectivity index is 0.000000270. The minimum atomic E-state index is -5.08. The van der Waals surface area contributed by atoms with Crippen molar-refractivity contribution in [2.24, 2.45) is 0 Å². The summed E-state index contributed by atoms with van der Waals surface area (Å²) in [6.07, 6.45) is -1.08. The number of piperidine rings is 1. The molecule has 1 fully saturated rings. The lowest BCUT2D eigenvalue weighted by atomic mass is 9.90. The van der Waals surface area contributed by atoms with Gasteiger partial charge >= 0.3 is 12.1 Å². The smallest absolute Gasteiger partial charge is 0.475 e. The second-order valence-electron chi connectivity index (χ2n) is 4.53. The van der Waals surface area contributed by atoms with Crippen LogP contribution in [0.25, 0.3) is 0 Å². The first kappa shape index (κ1) is 17.0. The van der Waals surface area contributed by atoms with Crippen molar-refractivity contribution in [1.29, 1.82) is 0 Å². The minimum Gasteiger partial charge on any atom is -0.475 e. The van der Waals surface area contributed by atoms with Crippen molar-refractivity contribution in [2.75, 3.05) is 24.6 Å². The summed E-state index contributed by atoms with van der Waals surface area (Å²) in [5.41, 5.74) is 13.4. The van der Waals surface area contributed by atoms with Gasteiger partial charge in [-0.1, -0.05) is 0 Å². The Morgan fingerprint density at radius 2 is 1.86 bits per heavy atom. The summed E-state index contributed by atoms with van der Waals surface area (Å²) < 4.78 is 31.7. The molecule has 0 amide bonds. The van der Waals surface area contributed by atoms with Gasteiger partial charge in [0, 0.05) is 6.20 Å². The summed E-state index contributed by atoms with van der Waals surface area (Å²) in [5, 5.41) is 10.5. The van der Waals surface area contributed by atoms with E-state index in [1.54, 1.807) is 6.20 Å². The molecule has 6 N–H and O–H groups in total. The maximum atomic E-state index is 10.6. The van der Waals surface area contributed by atoms with E-state index in [4.69, 9.17) is 21.4 Å². The SMILES string of the molecule is Nc1nccc(C2CCNCC2)c1N.O=C(O)C(F)(F)F. The quantitative estimate of drug-likeness (QED) is 0.622. The number of pyridine rings is 1. The van der Waals surface area contributed by atoms with Gasteiger partial charge in [0.15, 0.2) is 0 Å². The highest BCUT2D eigenvalue weighted by molar-refractivity contribution is 5.73. The maximum Gasteiger partial charge on any atom is 0.490 e. The number of aromatic nitrogens is 1. The number of carboxylic acid groups (broad SMARTS) is 1. The van der Waals surface area contributed by atoms with Gasteiger partial charge in [-0.15, -0.1) is 0 Å². The largest absolute Gasteiger partial charge is 0.490 e. The summed E-state index contributed by atoms with van der Waals surface area (Å²) in [6.45, 7) is 2.12. The predicted molar refractivity (Wildman–Crippen MR) is 71.6 cm³/mol. The molecular weight excluding hydrogens is 289 g/mol. The zero-order valence-electron chi connectivity index (χ0n) is 11.2. The van der Waals surface area contributed by atoms with Crippen LogP contribution in [0.5, 0.6) is 0 Å². The van der Waals surface area contributed by atoms with E-state index in [2.05, 4.69) is 10.3 Å². The number of hydrogen-bond donors (Lipinski definition) is 4. The number of nitrogens with one attached hydrogen (secondary N) is 1. The molecule has 0 bridgehead atoms. The molecule has 0 saturated carbocycles. The van der Waals surface area contributed by atoms with Gasteiger partial charge in [-0.25, -0.2) is 9.78 Å². The first-order chi connectivity index (χ1) is 9.73. The van der Waals surface area contributed by atoms with Crippen LogP contribution in [-0.2, 0) is 4.79 Å². The topological polar surface area (TPSA) is 114 Å². The molecule has 1 aliphatic heterocycles. The zero-order valence-corrected chi connectivity index (χ0v) is 11.2. The Labute approximate surface area is 119 Å². The van der Waals surface area contributed by atoms with E-state index in [9.17, 15) is 13.2 Å². The third-order valence-electron chi connectivity index (χ3n) is 3.08. The first-order valence-electron chi connectivity index (χ1n) is 6.24. The van der Waals surface area contributed by atoms with E-state index < -0.39 is 12.1 Å². The van der Waals surface area contributed by atoms with Crippen LogP contribution in [0, 0.1) is 0 Å². The summed E-state index contributed by atoms with van der Waals surface area (Å²) in [5.74, 6) is -1.75. The van der Waals surface area contributed by atoms with Gasteiger partial charge in [-0.3, -0.25) is 0 Å². The molecule has 0 unspecified atom stereocenters. The van der Waals surface area contributed by atoms with Gasteiger partial charge in [-0.05, 0) is 43.5 Å². The zero-order chi connectivity index (χ0) is 16.0. The Morgan fingerprint density at radius 3 is 2.33 bits per heavy atom. The van der Waals surface area contributed by atoms with Gasteiger partial charge in [-0.2, -0.15) is 13.2 Å². The lowest BCUT2D eigenvalue weighted by Crippen LogP contribution is -2.27. The molecule has 6 nitrogen and oxygen atoms in total. The molecule has 118 valence electrons. The number of nitrogen functional groups attached to an aromatic ring is 2. The highest BCUT2D eigenvalue weighted by Gasteiger charge is 2.38. The number of carboxylic acids is 1. The number of nitrogens with two attached hydrogens (primary N) is 2. The molecule has 21 heavy (non-hydrogen) atoms. The van der Waals surface area contributed by atoms with Gasteiger partial charge < -0.3 is 21.9 Å². The van der Waals surface area contributed by atoms with Gasteiger partial charge in [0.25, 0.3) is 0 Å². The number of rotatable bonds is 1. The molecular formula is C12H17F3N4O2. The predicted octanol–water partition coefficient (Wildman–Crippen LogP) is 1.35. The summed E-state index contributed by atoms with van der Waals surface area (Å²) in [7, 11) is 0. The number of anilines is 2. The standard InChI is InChI=1S/C10H16N4.C2HF3O2/c11-9-8(3-6-14-10(9)12)7-1-4-13-5-2-7;3-2(4,5)1(6)7/h3,6-7,13H,1-2,4-5,11H2,(H2,12,14);(H,6,7). The van der Waals surface area contributed by atoms with Crippen molar-refractivity contribution in [3.63, 3.8) is 0 Å². The average molecular weight is 306 g/mol. The number of aliphatic carboxylic acids is 1. The number of alkyl halides is 3. The lowest BCUT2D eigenvalue weighted by molar-refractivity contribution is -0.192. The Hall–Kier alpha value is -2.03. The van der Waals surface area contributed by atoms with E-state index in [1.165, 1.54) is 5.56 Å². The number of hydrogen-bond acceptors (Lipinski definition) is 5. The Bertz CT molecular complexity index is 488. The van der Waals surface area contributed by atoms with Crippen LogP contribution in [0.1, 0.15) is 24.3 Å². The van der Waals surface area contributed by atoms with Crippen molar-refractivity contribution in [3.05, 3.63) is 17.8 Å². The third-order valence-corrected chi connectivity index (χ3v) is 3.08. The Morgan fingerprint density at radius 1 is 1.33 bits per heavy atom. The lowest BCUT2D eigenvalue weighted by Gasteiger charge is -2.24. The fraction of sp³-hybridized carbons (Fsp3) is 0.500. The second-order valence-corrected chi connectivity index (χ2v) is 4.53. The van der Waals surface area contributed by atoms with E-state index in [0.717, 1.165) is 25.9 Å². The number of nitrogens with zero attached hydrogens (tertiary/aromatic N) is 1. The minimum absolute atomic E-state index is 0.459. The van der Waals surface area contributed by atoms with Crippen LogP contribution < -0.4 is 16.8 Å². The molecule has 0 radical (unpaired) electrons. The molecule has 0 aromatic carbocycles. The maximum absolute atomic E-state index is 10.6. The fourth-order valence-electron chi connectivity index (χ4n) is 1.99. The van der Waals surface area contributed by atoms with Crippen LogP contribution >= 0.6 is 0 Å². The Kier molecular flexibility index (Phi) is 5.77. The molecule has 9 heteroatoms.